The van der Waals surface area contributed by atoms with Crippen molar-refractivity contribution in [2.24, 2.45) is 10.9 Å². The van der Waals surface area contributed by atoms with Crippen molar-refractivity contribution in [2.45, 2.75) is 81.9 Å². The van der Waals surface area contributed by atoms with Gasteiger partial charge in [-0.1, -0.05) is 32.1 Å². The van der Waals surface area contributed by atoms with Crippen LogP contribution in [-0.4, -0.2) is 105 Å². The molecule has 0 aromatic rings. The number of rotatable bonds is 7. The number of nitrogens with one attached hydrogen (secondary N) is 2. The maximum Gasteiger partial charge on any atom is 0.414 e. The molecule has 4 aliphatic rings. The van der Waals surface area contributed by atoms with Crippen LogP contribution in [0.1, 0.15) is 67.1 Å². The number of carbonyl (C=O) groups is 2. The fourth-order valence-electron chi connectivity index (χ4n) is 5.73. The van der Waals surface area contributed by atoms with Gasteiger partial charge in [-0.25, -0.2) is 9.79 Å². The molecule has 0 unspecified atom stereocenters. The molecule has 3 saturated heterocycles. The highest BCUT2D eigenvalue weighted by Crippen LogP contribution is 2.29. The highest BCUT2D eigenvalue weighted by Gasteiger charge is 2.38. The number of ether oxygens (including phenoxy) is 3. The van der Waals surface area contributed by atoms with E-state index in [9.17, 15) is 14.9 Å². The third-order valence-corrected chi connectivity index (χ3v) is 8.23. The SMILES string of the molecule is CN1CCC(C#N)(NC(=O)[C@H](CC2CCCCC2)N=C(NC(=O)OC[C@H]2CCCO2)N2CCOCC2)CC1.[HH].[HH]. The molecule has 3 aliphatic heterocycles. The largest absolute Gasteiger partial charge is 0.446 e. The van der Waals surface area contributed by atoms with Crippen molar-refractivity contribution in [1.29, 1.82) is 5.26 Å². The number of alkyl carbamates (subject to hydrolysis) is 1. The average Bonchev–Trinajstić information content (AvgIpc) is 3.47. The molecule has 0 aromatic heterocycles. The number of likely N-dealkylation sites (tertiary alicyclic amines) is 1. The summed E-state index contributed by atoms with van der Waals surface area (Å²) in [5, 5.41) is 15.9. The Morgan fingerprint density at radius 2 is 1.84 bits per heavy atom. The molecule has 1 aliphatic carbocycles. The maximum atomic E-state index is 13.7. The second kappa shape index (κ2) is 14.1. The van der Waals surface area contributed by atoms with Crippen LogP contribution in [0.2, 0.25) is 0 Å². The van der Waals surface area contributed by atoms with Crippen molar-refractivity contribution in [1.82, 2.24) is 20.4 Å². The Kier molecular flexibility index (Phi) is 10.6. The summed E-state index contributed by atoms with van der Waals surface area (Å²) in [6, 6.07) is 1.68. The molecule has 0 spiro atoms. The first-order chi connectivity index (χ1) is 18.5. The summed E-state index contributed by atoms with van der Waals surface area (Å²) in [7, 11) is 2.03. The molecule has 0 aromatic carbocycles. The molecule has 4 rings (SSSR count). The van der Waals surface area contributed by atoms with Crippen molar-refractivity contribution in [3.8, 4) is 6.07 Å². The third kappa shape index (κ3) is 8.29. The van der Waals surface area contributed by atoms with Gasteiger partial charge >= 0.3 is 6.09 Å². The first-order valence-corrected chi connectivity index (χ1v) is 14.3. The van der Waals surface area contributed by atoms with E-state index in [0.29, 0.717) is 64.1 Å². The normalized spacial score (nSPS) is 25.8. The average molecular weight is 537 g/mol. The van der Waals surface area contributed by atoms with Crippen LogP contribution in [0.3, 0.4) is 0 Å². The molecule has 216 valence electrons. The monoisotopic (exact) mass is 536 g/mol. The van der Waals surface area contributed by atoms with Crippen LogP contribution in [0.15, 0.2) is 4.99 Å². The fourth-order valence-corrected chi connectivity index (χ4v) is 5.73. The summed E-state index contributed by atoms with van der Waals surface area (Å²) in [5.41, 5.74) is -0.892. The zero-order valence-electron chi connectivity index (χ0n) is 22.8. The highest BCUT2D eigenvalue weighted by atomic mass is 16.6. The lowest BCUT2D eigenvalue weighted by atomic mass is 9.84. The van der Waals surface area contributed by atoms with Crippen molar-refractivity contribution < 1.29 is 26.7 Å². The number of nitriles is 1. The van der Waals surface area contributed by atoms with Crippen LogP contribution in [0.5, 0.6) is 0 Å². The summed E-state index contributed by atoms with van der Waals surface area (Å²) in [4.78, 5) is 35.5. The van der Waals surface area contributed by atoms with E-state index in [1.807, 2.05) is 11.9 Å². The molecule has 38 heavy (non-hydrogen) atoms. The number of guanidine groups is 1. The van der Waals surface area contributed by atoms with Gasteiger partial charge in [0.1, 0.15) is 18.2 Å². The van der Waals surface area contributed by atoms with E-state index in [1.165, 1.54) is 6.42 Å². The van der Waals surface area contributed by atoms with Gasteiger partial charge in [0.2, 0.25) is 11.9 Å². The molecule has 1 saturated carbocycles. The Balaban J connectivity index is 0.00000280. The highest BCUT2D eigenvalue weighted by molar-refractivity contribution is 5.96. The molecule has 0 bridgehead atoms. The Morgan fingerprint density at radius 1 is 1.11 bits per heavy atom. The summed E-state index contributed by atoms with van der Waals surface area (Å²) in [6.07, 6.45) is 8.57. The summed E-state index contributed by atoms with van der Waals surface area (Å²) in [5.74, 6) is 0.467. The van der Waals surface area contributed by atoms with Gasteiger partial charge in [0.05, 0.1) is 25.4 Å². The molecular formula is C27H48N6O5. The standard InChI is InChI=1S/C27H44N6O5.2H2/c1-32-11-9-27(20-28,10-12-32)31-24(34)23(18-21-6-3-2-4-7-21)29-25(33-13-16-36-17-14-33)30-26(35)38-19-22-8-5-15-37-22;;/h21-23H,2-19H2,1H3,(H,31,34)(H,29,30,35);2*1H/t22-,23+;;/m1../s1. The van der Waals surface area contributed by atoms with Crippen LogP contribution in [0.25, 0.3) is 0 Å². The quantitative estimate of drug-likeness (QED) is 0.375. The van der Waals surface area contributed by atoms with Gasteiger partial charge in [-0.2, -0.15) is 5.26 Å². The minimum atomic E-state index is -0.892. The van der Waals surface area contributed by atoms with Gasteiger partial charge in [0.15, 0.2) is 0 Å². The minimum Gasteiger partial charge on any atom is -0.446 e. The number of morpholine rings is 1. The molecular weight excluding hydrogens is 488 g/mol. The second-order valence-electron chi connectivity index (χ2n) is 11.2. The van der Waals surface area contributed by atoms with E-state index in [0.717, 1.165) is 51.6 Å². The number of nitrogens with zero attached hydrogens (tertiary/aromatic N) is 4. The van der Waals surface area contributed by atoms with Crippen molar-refractivity contribution >= 4 is 18.0 Å². The topological polar surface area (TPSA) is 129 Å². The van der Waals surface area contributed by atoms with Crippen LogP contribution in [0.4, 0.5) is 4.79 Å². The lowest BCUT2D eigenvalue weighted by Crippen LogP contribution is -2.56. The van der Waals surface area contributed by atoms with E-state index in [-0.39, 0.29) is 21.5 Å². The van der Waals surface area contributed by atoms with Crippen LogP contribution < -0.4 is 10.6 Å². The van der Waals surface area contributed by atoms with E-state index in [1.54, 1.807) is 0 Å². The van der Waals surface area contributed by atoms with Crippen LogP contribution in [0, 0.1) is 17.2 Å². The number of amides is 2. The molecule has 11 nitrogen and oxygen atoms in total. The van der Waals surface area contributed by atoms with E-state index >= 15 is 0 Å². The van der Waals surface area contributed by atoms with Gasteiger partial charge in [-0.15, -0.1) is 0 Å². The van der Waals surface area contributed by atoms with Crippen molar-refractivity contribution in [3.05, 3.63) is 0 Å². The second-order valence-corrected chi connectivity index (χ2v) is 11.2. The van der Waals surface area contributed by atoms with E-state index < -0.39 is 17.7 Å². The first-order valence-electron chi connectivity index (χ1n) is 14.3. The molecule has 11 heteroatoms. The first kappa shape index (κ1) is 28.6. The van der Waals surface area contributed by atoms with E-state index in [2.05, 4.69) is 21.6 Å². The predicted molar refractivity (Wildman–Crippen MR) is 146 cm³/mol. The molecule has 2 atom stereocenters. The molecule has 0 radical (unpaired) electrons. The Hall–Kier alpha value is -2.42. The molecule has 2 N–H and O–H groups in total. The third-order valence-electron chi connectivity index (χ3n) is 8.23. The van der Waals surface area contributed by atoms with Gasteiger partial charge in [0, 0.05) is 35.6 Å². The van der Waals surface area contributed by atoms with Gasteiger partial charge in [-0.3, -0.25) is 10.1 Å². The van der Waals surface area contributed by atoms with Gasteiger partial charge in [-0.05, 0) is 45.1 Å². The molecule has 2 amide bonds. The van der Waals surface area contributed by atoms with Gasteiger partial charge in [0.25, 0.3) is 0 Å². The van der Waals surface area contributed by atoms with Gasteiger partial charge < -0.3 is 29.3 Å². The zero-order chi connectivity index (χ0) is 26.8. The number of hydrogen-bond donors (Lipinski definition) is 2. The Bertz CT molecular complexity index is 862. The molecule has 3 heterocycles. The lowest BCUT2D eigenvalue weighted by Gasteiger charge is -2.37. The fraction of sp³-hybridized carbons (Fsp3) is 0.852. The summed E-state index contributed by atoms with van der Waals surface area (Å²) in [6.45, 7) is 4.51. The summed E-state index contributed by atoms with van der Waals surface area (Å²) < 4.78 is 16.5. The van der Waals surface area contributed by atoms with Crippen LogP contribution in [-0.2, 0) is 19.0 Å². The summed E-state index contributed by atoms with van der Waals surface area (Å²) >= 11 is 0. The lowest BCUT2D eigenvalue weighted by molar-refractivity contribution is -0.124. The Labute approximate surface area is 229 Å². The number of hydrogen-bond acceptors (Lipinski definition) is 8. The number of piperidine rings is 1. The van der Waals surface area contributed by atoms with E-state index in [4.69, 9.17) is 19.2 Å². The predicted octanol–water partition coefficient (Wildman–Crippen LogP) is 2.51. The Morgan fingerprint density at radius 3 is 2.50 bits per heavy atom. The van der Waals surface area contributed by atoms with Crippen LogP contribution >= 0.6 is 0 Å². The van der Waals surface area contributed by atoms with Crippen molar-refractivity contribution in [2.75, 3.05) is 59.7 Å². The minimum absolute atomic E-state index is 0. The zero-order valence-corrected chi connectivity index (χ0v) is 22.8. The maximum absolute atomic E-state index is 13.7. The van der Waals surface area contributed by atoms with Crippen molar-refractivity contribution in [3.63, 3.8) is 0 Å². The smallest absolute Gasteiger partial charge is 0.414 e. The molecule has 4 fully saturated rings. The number of aliphatic imine (C=N–C) groups is 1. The number of carbonyl (C=O) groups excluding carboxylic acids is 2.